The number of aromatic nitrogens is 1. The number of hydrogen-bond donors (Lipinski definition) is 1. The summed E-state index contributed by atoms with van der Waals surface area (Å²) in [7, 11) is 4.08. The number of fused-ring (bicyclic) bond motifs is 7. The van der Waals surface area contributed by atoms with Crippen molar-refractivity contribution in [3.05, 3.63) is 27.7 Å². The van der Waals surface area contributed by atoms with E-state index in [4.69, 9.17) is 4.74 Å². The molecule has 6 aliphatic carbocycles. The molecule has 10 heteroatoms. The van der Waals surface area contributed by atoms with Gasteiger partial charge in [0.2, 0.25) is 5.91 Å². The zero-order valence-electron chi connectivity index (χ0n) is 36.8. The van der Waals surface area contributed by atoms with Crippen LogP contribution in [0.15, 0.2) is 22.7 Å². The number of esters is 1. The van der Waals surface area contributed by atoms with Crippen LogP contribution in [0.25, 0.3) is 0 Å². The first-order valence-electron chi connectivity index (χ1n) is 22.1. The van der Waals surface area contributed by atoms with Gasteiger partial charge in [-0.15, -0.1) is 11.3 Å². The maximum absolute atomic E-state index is 14.6. The molecule has 0 bridgehead atoms. The van der Waals surface area contributed by atoms with Crippen molar-refractivity contribution in [1.29, 1.82) is 0 Å². The van der Waals surface area contributed by atoms with Crippen LogP contribution in [-0.4, -0.2) is 76.8 Å². The lowest BCUT2D eigenvalue weighted by Crippen LogP contribution is -2.66. The third-order valence-corrected chi connectivity index (χ3v) is 18.9. The normalized spacial score (nSPS) is 39.1. The molecule has 57 heavy (non-hydrogen) atoms. The van der Waals surface area contributed by atoms with Crippen molar-refractivity contribution in [3.8, 4) is 0 Å². The number of allylic oxidation sites excluding steroid dienone is 2. The fourth-order valence-electron chi connectivity index (χ4n) is 14.6. The number of carboxylic acids is 1. The summed E-state index contributed by atoms with van der Waals surface area (Å²) < 4.78 is 6.44. The summed E-state index contributed by atoms with van der Waals surface area (Å²) in [6.07, 6.45) is 10.8. The molecule has 316 valence electrons. The summed E-state index contributed by atoms with van der Waals surface area (Å²) >= 11 is 1.59. The number of amides is 1. The highest BCUT2D eigenvalue weighted by Crippen LogP contribution is 2.77. The molecule has 1 heterocycles. The van der Waals surface area contributed by atoms with E-state index in [-0.39, 0.29) is 63.2 Å². The van der Waals surface area contributed by atoms with E-state index in [1.165, 1.54) is 5.57 Å². The van der Waals surface area contributed by atoms with E-state index < -0.39 is 22.7 Å². The molecule has 0 spiro atoms. The number of ether oxygens (including phenoxy) is 1. The van der Waals surface area contributed by atoms with Gasteiger partial charge in [-0.05, 0) is 123 Å². The van der Waals surface area contributed by atoms with Crippen molar-refractivity contribution in [1.82, 2.24) is 14.8 Å². The standard InChI is InChI=1S/C47H71N3O6S/c1-28(2)38-32(51)25-47(26-37(52)50(22-21-49(10)11)27-36-48-20-23-57-36)19-18-45(8)29(39(38)47)12-13-34-44(7)16-15-35(43(5,6)33(44)14-17-46(34,45)9)56-41(55)31-24-30(40(53)54)42(31,3)4/h20,23,28-31,33-35H,12-19,21-22,24-27H2,1-11H3,(H,53,54)/t29-,30+,31-,33+,34-,35+,44+,45-,46-,47+/m1/s1. The highest BCUT2D eigenvalue weighted by molar-refractivity contribution is 7.09. The number of hydrogen-bond acceptors (Lipinski definition) is 8. The number of carbonyl (C=O) groups is 4. The molecule has 0 saturated heterocycles. The first-order valence-corrected chi connectivity index (χ1v) is 22.9. The van der Waals surface area contributed by atoms with Gasteiger partial charge in [0.05, 0.1) is 18.4 Å². The van der Waals surface area contributed by atoms with Gasteiger partial charge in [0.15, 0.2) is 5.78 Å². The summed E-state index contributed by atoms with van der Waals surface area (Å²) in [6.45, 7) is 22.4. The Kier molecular flexibility index (Phi) is 10.9. The van der Waals surface area contributed by atoms with E-state index in [2.05, 4.69) is 58.4 Å². The zero-order chi connectivity index (χ0) is 41.7. The van der Waals surface area contributed by atoms with Crippen molar-refractivity contribution < 1.29 is 29.0 Å². The molecule has 10 atom stereocenters. The third kappa shape index (κ3) is 6.59. The Morgan fingerprint density at radius 2 is 1.61 bits per heavy atom. The van der Waals surface area contributed by atoms with Gasteiger partial charge in [0.1, 0.15) is 11.1 Å². The van der Waals surface area contributed by atoms with Gasteiger partial charge in [0.25, 0.3) is 0 Å². The summed E-state index contributed by atoms with van der Waals surface area (Å²) in [5, 5.41) is 12.6. The van der Waals surface area contributed by atoms with Crippen molar-refractivity contribution in [2.45, 2.75) is 146 Å². The number of rotatable bonds is 11. The van der Waals surface area contributed by atoms with Crippen LogP contribution in [0.5, 0.6) is 0 Å². The minimum atomic E-state index is -0.829. The molecule has 7 rings (SSSR count). The van der Waals surface area contributed by atoms with Crippen molar-refractivity contribution >= 4 is 35.0 Å². The first kappa shape index (κ1) is 42.5. The molecule has 5 saturated carbocycles. The maximum atomic E-state index is 14.6. The van der Waals surface area contributed by atoms with Crippen molar-refractivity contribution in [3.63, 3.8) is 0 Å². The number of Topliss-reactive ketones (excluding diaryl/α,β-unsaturated/α-hetero) is 1. The van der Waals surface area contributed by atoms with E-state index in [1.54, 1.807) is 11.3 Å². The topological polar surface area (TPSA) is 117 Å². The third-order valence-electron chi connectivity index (χ3n) is 18.1. The lowest BCUT2D eigenvalue weighted by atomic mass is 9.33. The van der Waals surface area contributed by atoms with E-state index in [0.29, 0.717) is 44.2 Å². The Labute approximate surface area is 346 Å². The van der Waals surface area contributed by atoms with Crippen LogP contribution >= 0.6 is 11.3 Å². The van der Waals surface area contributed by atoms with Gasteiger partial charge < -0.3 is 19.6 Å². The fourth-order valence-corrected chi connectivity index (χ4v) is 15.2. The number of aliphatic carboxylic acids is 1. The lowest BCUT2D eigenvalue weighted by Gasteiger charge is -2.72. The van der Waals surface area contributed by atoms with Gasteiger partial charge >= 0.3 is 11.9 Å². The average molecular weight is 806 g/mol. The largest absolute Gasteiger partial charge is 0.481 e. The predicted molar refractivity (Wildman–Crippen MR) is 223 cm³/mol. The second-order valence-corrected chi connectivity index (χ2v) is 23.0. The molecule has 1 aromatic heterocycles. The Hall–Kier alpha value is -2.59. The number of nitrogens with zero attached hydrogens (tertiary/aromatic N) is 3. The van der Waals surface area contributed by atoms with Crippen LogP contribution in [0.4, 0.5) is 0 Å². The molecule has 1 aromatic rings. The number of ketones is 1. The highest BCUT2D eigenvalue weighted by Gasteiger charge is 2.70. The van der Waals surface area contributed by atoms with Gasteiger partial charge in [-0.3, -0.25) is 19.2 Å². The van der Waals surface area contributed by atoms with Crippen molar-refractivity contribution in [2.75, 3.05) is 27.2 Å². The SMILES string of the molecule is CC(C)C1=C2[C@H]3CC[C@@H]4[C@@]5(C)CC[C@H](OC(=O)[C@H]6C[C@@H](C(=O)O)C6(C)C)C(C)(C)[C@@H]5CC[C@@]4(C)[C@]3(C)CC[C@@]2(CC(=O)N(CCN(C)C)Cc2nccs2)CC1=O. The molecule has 0 radical (unpaired) electrons. The Balaban J connectivity index is 1.15. The Morgan fingerprint density at radius 1 is 0.895 bits per heavy atom. The molecule has 1 amide bonds. The average Bonchev–Trinajstić information content (AvgIpc) is 3.72. The van der Waals surface area contributed by atoms with E-state index in [0.717, 1.165) is 68.5 Å². The van der Waals surface area contributed by atoms with Crippen LogP contribution < -0.4 is 0 Å². The summed E-state index contributed by atoms with van der Waals surface area (Å²) in [5.74, 6) is -0.271. The van der Waals surface area contributed by atoms with Gasteiger partial charge in [-0.25, -0.2) is 4.98 Å². The molecule has 0 aromatic carbocycles. The number of thiazole rings is 1. The number of carbonyl (C=O) groups excluding carboxylic acids is 3. The smallest absolute Gasteiger partial charge is 0.309 e. The maximum Gasteiger partial charge on any atom is 0.309 e. The highest BCUT2D eigenvalue weighted by atomic mass is 32.1. The molecule has 1 N–H and O–H groups in total. The molecule has 0 unspecified atom stereocenters. The lowest BCUT2D eigenvalue weighted by molar-refractivity contribution is -0.236. The minimum absolute atomic E-state index is 0.00796. The summed E-state index contributed by atoms with van der Waals surface area (Å²) in [4.78, 5) is 62.9. The monoisotopic (exact) mass is 806 g/mol. The quantitative estimate of drug-likeness (QED) is 0.220. The Bertz CT molecular complexity index is 1800. The zero-order valence-corrected chi connectivity index (χ0v) is 37.7. The van der Waals surface area contributed by atoms with Gasteiger partial charge in [-0.2, -0.15) is 0 Å². The van der Waals surface area contributed by atoms with Crippen LogP contribution in [0, 0.1) is 68.0 Å². The minimum Gasteiger partial charge on any atom is -0.481 e. The molecule has 0 aliphatic heterocycles. The molecular weight excluding hydrogens is 735 g/mol. The fraction of sp³-hybridized carbons (Fsp3) is 0.809. The number of likely N-dealkylation sites (N-methyl/N-ethyl adjacent to an activating group) is 1. The second-order valence-electron chi connectivity index (χ2n) is 22.0. The molecular formula is C47H71N3O6S. The van der Waals surface area contributed by atoms with E-state index in [9.17, 15) is 24.3 Å². The molecule has 6 aliphatic rings. The summed E-state index contributed by atoms with van der Waals surface area (Å²) in [6, 6.07) is 0. The van der Waals surface area contributed by atoms with Crippen LogP contribution in [0.2, 0.25) is 0 Å². The van der Waals surface area contributed by atoms with Crippen LogP contribution in [0.3, 0.4) is 0 Å². The molecule has 9 nitrogen and oxygen atoms in total. The second kappa shape index (κ2) is 14.6. The van der Waals surface area contributed by atoms with E-state index >= 15 is 0 Å². The van der Waals surface area contributed by atoms with Gasteiger partial charge in [0, 0.05) is 48.3 Å². The summed E-state index contributed by atoms with van der Waals surface area (Å²) in [5.41, 5.74) is 1.24. The molecule has 5 fully saturated rings. The first-order chi connectivity index (χ1) is 26.5. The Morgan fingerprint density at radius 3 is 2.23 bits per heavy atom. The van der Waals surface area contributed by atoms with E-state index in [1.807, 2.05) is 44.4 Å². The number of carboxylic acid groups (broad SMARTS) is 1. The van der Waals surface area contributed by atoms with Crippen LogP contribution in [-0.2, 0) is 30.5 Å². The van der Waals surface area contributed by atoms with Crippen molar-refractivity contribution in [2.24, 2.45) is 68.0 Å². The van der Waals surface area contributed by atoms with Crippen LogP contribution in [0.1, 0.15) is 138 Å². The predicted octanol–water partition coefficient (Wildman–Crippen LogP) is 9.06. The van der Waals surface area contributed by atoms with Gasteiger partial charge in [-0.1, -0.05) is 67.9 Å².